The molecule has 0 bridgehead atoms. The lowest BCUT2D eigenvalue weighted by molar-refractivity contribution is -0.148. The van der Waals surface area contributed by atoms with Gasteiger partial charge in [0.1, 0.15) is 6.04 Å². The highest BCUT2D eigenvalue weighted by atomic mass is 16.4. The topological polar surface area (TPSA) is 133 Å². The second-order valence-corrected chi connectivity index (χ2v) is 4.28. The van der Waals surface area contributed by atoms with E-state index < -0.39 is 36.2 Å². The Morgan fingerprint density at radius 2 is 1.62 bits per heavy atom. The predicted octanol–water partition coefficient (Wildman–Crippen LogP) is -0.0224. The van der Waals surface area contributed by atoms with Gasteiger partial charge in [-0.1, -0.05) is 17.7 Å². The zero-order valence-corrected chi connectivity index (χ0v) is 11.1. The molecule has 0 spiro atoms. The summed E-state index contributed by atoms with van der Waals surface area (Å²) in [6.45, 7) is 1.85. The molecule has 4 N–H and O–H groups in total. The Hall–Kier alpha value is -2.90. The minimum absolute atomic E-state index is 0.367. The Morgan fingerprint density at radius 1 is 1.05 bits per heavy atom. The number of aryl methyl sites for hydroxylation is 1. The highest BCUT2D eigenvalue weighted by molar-refractivity contribution is 6.40. The summed E-state index contributed by atoms with van der Waals surface area (Å²) in [4.78, 5) is 44.4. The van der Waals surface area contributed by atoms with Gasteiger partial charge in [0, 0.05) is 5.69 Å². The number of aliphatic carboxylic acids is 2. The first kappa shape index (κ1) is 16.2. The van der Waals surface area contributed by atoms with Crippen LogP contribution in [-0.2, 0) is 19.2 Å². The van der Waals surface area contributed by atoms with Gasteiger partial charge in [-0.05, 0) is 19.1 Å². The highest BCUT2D eigenvalue weighted by Gasteiger charge is 2.26. The maximum atomic E-state index is 11.6. The molecule has 112 valence electrons. The molecule has 0 aromatic heterocycles. The van der Waals surface area contributed by atoms with Gasteiger partial charge in [0.15, 0.2) is 0 Å². The summed E-state index contributed by atoms with van der Waals surface area (Å²) in [5, 5.41) is 21.4. The lowest BCUT2D eigenvalue weighted by atomic mass is 10.2. The van der Waals surface area contributed by atoms with E-state index in [1.807, 2.05) is 12.2 Å². The molecule has 8 heteroatoms. The third kappa shape index (κ3) is 5.31. The highest BCUT2D eigenvalue weighted by Crippen LogP contribution is 2.08. The van der Waals surface area contributed by atoms with Crippen molar-refractivity contribution in [3.05, 3.63) is 29.8 Å². The Bertz CT molecular complexity index is 567. The van der Waals surface area contributed by atoms with E-state index in [0.717, 1.165) is 5.56 Å². The van der Waals surface area contributed by atoms with E-state index in [2.05, 4.69) is 5.32 Å². The van der Waals surface area contributed by atoms with Crippen LogP contribution in [0.4, 0.5) is 5.69 Å². The van der Waals surface area contributed by atoms with Gasteiger partial charge in [-0.15, -0.1) is 0 Å². The number of carboxylic acids is 2. The minimum atomic E-state index is -1.67. The van der Waals surface area contributed by atoms with E-state index in [0.29, 0.717) is 5.69 Å². The van der Waals surface area contributed by atoms with Gasteiger partial charge in [-0.25, -0.2) is 4.79 Å². The van der Waals surface area contributed by atoms with E-state index in [4.69, 9.17) is 10.2 Å². The SMILES string of the molecule is Cc1ccc(NC(=O)C(=O)N[C@@H](CC(=O)O)C(=O)O)cc1. The molecule has 1 aromatic rings. The Balaban J connectivity index is 2.64. The Labute approximate surface area is 119 Å². The third-order valence-electron chi connectivity index (χ3n) is 2.50. The molecule has 0 fully saturated rings. The molecule has 21 heavy (non-hydrogen) atoms. The van der Waals surface area contributed by atoms with Gasteiger partial charge in [0.2, 0.25) is 0 Å². The molecule has 2 amide bonds. The molecular weight excluding hydrogens is 280 g/mol. The van der Waals surface area contributed by atoms with Crippen molar-refractivity contribution in [1.82, 2.24) is 5.32 Å². The summed E-state index contributed by atoms with van der Waals surface area (Å²) in [7, 11) is 0. The Morgan fingerprint density at radius 3 is 2.10 bits per heavy atom. The van der Waals surface area contributed by atoms with Crippen molar-refractivity contribution < 1.29 is 29.4 Å². The second-order valence-electron chi connectivity index (χ2n) is 4.28. The lowest BCUT2D eigenvalue weighted by Gasteiger charge is -2.12. The van der Waals surface area contributed by atoms with Gasteiger partial charge in [-0.2, -0.15) is 0 Å². The molecule has 0 aliphatic heterocycles. The van der Waals surface area contributed by atoms with Gasteiger partial charge < -0.3 is 20.8 Å². The minimum Gasteiger partial charge on any atom is -0.481 e. The van der Waals surface area contributed by atoms with Crippen molar-refractivity contribution in [3.8, 4) is 0 Å². The quantitative estimate of drug-likeness (QED) is 0.564. The van der Waals surface area contributed by atoms with Crippen molar-refractivity contribution in [3.63, 3.8) is 0 Å². The maximum absolute atomic E-state index is 11.6. The number of hydrogen-bond donors (Lipinski definition) is 4. The number of carboxylic acid groups (broad SMARTS) is 2. The first-order valence-corrected chi connectivity index (χ1v) is 5.92. The molecule has 1 rings (SSSR count). The second kappa shape index (κ2) is 7.04. The smallest absolute Gasteiger partial charge is 0.326 e. The Kier molecular flexibility index (Phi) is 5.41. The van der Waals surface area contributed by atoms with Crippen LogP contribution in [-0.4, -0.2) is 40.0 Å². The molecule has 0 aliphatic carbocycles. The number of anilines is 1. The van der Waals surface area contributed by atoms with Gasteiger partial charge in [0.05, 0.1) is 6.42 Å². The lowest BCUT2D eigenvalue weighted by Crippen LogP contribution is -2.46. The van der Waals surface area contributed by atoms with Crippen molar-refractivity contribution in [2.75, 3.05) is 5.32 Å². The average Bonchev–Trinajstić information content (AvgIpc) is 2.39. The largest absolute Gasteiger partial charge is 0.481 e. The van der Waals surface area contributed by atoms with Crippen molar-refractivity contribution >= 4 is 29.4 Å². The van der Waals surface area contributed by atoms with E-state index in [9.17, 15) is 19.2 Å². The van der Waals surface area contributed by atoms with Crippen LogP contribution in [0.25, 0.3) is 0 Å². The zero-order valence-electron chi connectivity index (χ0n) is 11.1. The summed E-state index contributed by atoms with van der Waals surface area (Å²) in [6, 6.07) is 4.92. The summed E-state index contributed by atoms with van der Waals surface area (Å²) in [5.41, 5.74) is 1.33. The van der Waals surface area contributed by atoms with Crippen molar-refractivity contribution in [2.24, 2.45) is 0 Å². The average molecular weight is 294 g/mol. The van der Waals surface area contributed by atoms with Crippen LogP contribution in [0, 0.1) is 6.92 Å². The number of hydrogen-bond acceptors (Lipinski definition) is 4. The molecular formula is C13H14N2O6. The van der Waals surface area contributed by atoms with Crippen LogP contribution >= 0.6 is 0 Å². The fraction of sp³-hybridized carbons (Fsp3) is 0.231. The molecule has 8 nitrogen and oxygen atoms in total. The van der Waals surface area contributed by atoms with E-state index in [1.54, 1.807) is 24.3 Å². The molecule has 0 saturated carbocycles. The predicted molar refractivity (Wildman–Crippen MR) is 71.6 cm³/mol. The third-order valence-corrected chi connectivity index (χ3v) is 2.50. The first-order chi connectivity index (χ1) is 9.79. The molecule has 0 unspecified atom stereocenters. The standard InChI is InChI=1S/C13H14N2O6/c1-7-2-4-8(5-3-7)14-11(18)12(19)15-9(13(20)21)6-10(16)17/h2-5,9H,6H2,1H3,(H,14,18)(H,15,19)(H,16,17)(H,20,21)/t9-/m0/s1. The normalized spacial score (nSPS) is 11.3. The number of rotatable bonds is 5. The van der Waals surface area contributed by atoms with Crippen LogP contribution in [0.3, 0.4) is 0 Å². The summed E-state index contributed by atoms with van der Waals surface area (Å²) in [5.74, 6) is -5.23. The van der Waals surface area contributed by atoms with Crippen molar-refractivity contribution in [2.45, 2.75) is 19.4 Å². The summed E-state index contributed by atoms with van der Waals surface area (Å²) < 4.78 is 0. The van der Waals surface area contributed by atoms with E-state index in [-0.39, 0.29) is 0 Å². The number of amides is 2. The zero-order chi connectivity index (χ0) is 16.0. The maximum Gasteiger partial charge on any atom is 0.326 e. The molecule has 1 atom stereocenters. The van der Waals surface area contributed by atoms with E-state index >= 15 is 0 Å². The van der Waals surface area contributed by atoms with Crippen LogP contribution in [0.5, 0.6) is 0 Å². The molecule has 0 radical (unpaired) electrons. The number of carbonyl (C=O) groups is 4. The number of benzene rings is 1. The van der Waals surface area contributed by atoms with Crippen molar-refractivity contribution in [1.29, 1.82) is 0 Å². The fourth-order valence-corrected chi connectivity index (χ4v) is 1.42. The van der Waals surface area contributed by atoms with Crippen LogP contribution in [0.1, 0.15) is 12.0 Å². The molecule has 0 heterocycles. The van der Waals surface area contributed by atoms with E-state index in [1.165, 1.54) is 0 Å². The number of carbonyl (C=O) groups excluding carboxylic acids is 2. The number of nitrogens with one attached hydrogen (secondary N) is 2. The van der Waals surface area contributed by atoms with Crippen LogP contribution in [0.15, 0.2) is 24.3 Å². The fourth-order valence-electron chi connectivity index (χ4n) is 1.42. The first-order valence-electron chi connectivity index (χ1n) is 5.92. The molecule has 1 aromatic carbocycles. The van der Waals surface area contributed by atoms with Crippen LogP contribution in [0.2, 0.25) is 0 Å². The molecule has 0 saturated heterocycles. The molecule has 0 aliphatic rings. The summed E-state index contributed by atoms with van der Waals surface area (Å²) in [6.07, 6.45) is -0.821. The van der Waals surface area contributed by atoms with Gasteiger partial charge in [0.25, 0.3) is 0 Å². The van der Waals surface area contributed by atoms with Gasteiger partial charge >= 0.3 is 23.8 Å². The summed E-state index contributed by atoms with van der Waals surface area (Å²) >= 11 is 0. The monoisotopic (exact) mass is 294 g/mol. The van der Waals surface area contributed by atoms with Gasteiger partial charge in [-0.3, -0.25) is 14.4 Å². The van der Waals surface area contributed by atoms with Crippen LogP contribution < -0.4 is 10.6 Å².